The van der Waals surface area contributed by atoms with E-state index in [1.54, 1.807) is 4.90 Å². The smallest absolute Gasteiger partial charge is 0.239 e. The largest absolute Gasteiger partial charge is 0.396 e. The summed E-state index contributed by atoms with van der Waals surface area (Å²) in [7, 11) is 1.81. The fraction of sp³-hybridized carbons (Fsp3) is 0.909. The molecule has 4 heteroatoms. The second-order valence-electron chi connectivity index (χ2n) is 3.81. The van der Waals surface area contributed by atoms with E-state index in [1.165, 1.54) is 0 Å². The van der Waals surface area contributed by atoms with Crippen LogP contribution in [0.3, 0.4) is 0 Å². The molecule has 0 radical (unpaired) electrons. The average Bonchev–Trinajstić information content (AvgIpc) is 2.26. The Morgan fingerprint density at radius 1 is 1.40 bits per heavy atom. The molecule has 90 valence electrons. The molecule has 0 saturated carbocycles. The Kier molecular flexibility index (Phi) is 8.33. The molecule has 0 aromatic heterocycles. The van der Waals surface area contributed by atoms with E-state index in [1.807, 2.05) is 20.9 Å². The van der Waals surface area contributed by atoms with Gasteiger partial charge in [-0.3, -0.25) is 4.79 Å². The normalized spacial score (nSPS) is 12.5. The maximum Gasteiger partial charge on any atom is 0.239 e. The Bertz CT molecular complexity index is 174. The molecular formula is C11H24N2O2. The van der Waals surface area contributed by atoms with Crippen LogP contribution in [0.25, 0.3) is 0 Å². The van der Waals surface area contributed by atoms with Crippen molar-refractivity contribution < 1.29 is 9.90 Å². The third kappa shape index (κ3) is 6.47. The molecular weight excluding hydrogens is 192 g/mol. The lowest BCUT2D eigenvalue weighted by Gasteiger charge is -2.20. The lowest BCUT2D eigenvalue weighted by molar-refractivity contribution is -0.131. The van der Waals surface area contributed by atoms with E-state index in [0.29, 0.717) is 0 Å². The quantitative estimate of drug-likeness (QED) is 0.584. The molecule has 0 aromatic rings. The highest BCUT2D eigenvalue weighted by Gasteiger charge is 2.14. The van der Waals surface area contributed by atoms with Gasteiger partial charge in [-0.1, -0.05) is 0 Å². The first-order valence-corrected chi connectivity index (χ1v) is 5.72. The fourth-order valence-electron chi connectivity index (χ4n) is 1.31. The van der Waals surface area contributed by atoms with Crippen molar-refractivity contribution in [3.8, 4) is 0 Å². The Labute approximate surface area is 92.7 Å². The summed E-state index contributed by atoms with van der Waals surface area (Å²) in [4.78, 5) is 13.3. The van der Waals surface area contributed by atoms with E-state index >= 15 is 0 Å². The molecule has 15 heavy (non-hydrogen) atoms. The molecule has 0 saturated heterocycles. The number of amides is 1. The topological polar surface area (TPSA) is 52.6 Å². The number of hydrogen-bond donors (Lipinski definition) is 2. The highest BCUT2D eigenvalue weighted by atomic mass is 16.2. The molecule has 0 aromatic carbocycles. The van der Waals surface area contributed by atoms with E-state index in [2.05, 4.69) is 5.32 Å². The van der Waals surface area contributed by atoms with Crippen molar-refractivity contribution in [3.63, 3.8) is 0 Å². The van der Waals surface area contributed by atoms with Gasteiger partial charge in [-0.25, -0.2) is 0 Å². The summed E-state index contributed by atoms with van der Waals surface area (Å²) < 4.78 is 0. The molecule has 1 unspecified atom stereocenters. The van der Waals surface area contributed by atoms with Crippen LogP contribution in [0.15, 0.2) is 0 Å². The second kappa shape index (κ2) is 8.68. The molecule has 4 nitrogen and oxygen atoms in total. The lowest BCUT2D eigenvalue weighted by Crippen LogP contribution is -2.43. The van der Waals surface area contributed by atoms with Crippen LogP contribution >= 0.6 is 0 Å². The summed E-state index contributed by atoms with van der Waals surface area (Å²) in [5.74, 6) is 0.139. The van der Waals surface area contributed by atoms with Crippen molar-refractivity contribution >= 4 is 5.91 Å². The van der Waals surface area contributed by atoms with Crippen molar-refractivity contribution in [2.75, 3.05) is 26.7 Å². The van der Waals surface area contributed by atoms with Gasteiger partial charge < -0.3 is 15.3 Å². The maximum atomic E-state index is 11.6. The second-order valence-corrected chi connectivity index (χ2v) is 3.81. The van der Waals surface area contributed by atoms with Crippen LogP contribution in [0.4, 0.5) is 0 Å². The minimum absolute atomic E-state index is 0.107. The molecule has 0 spiro atoms. The highest BCUT2D eigenvalue weighted by molar-refractivity contribution is 5.81. The molecule has 2 N–H and O–H groups in total. The zero-order chi connectivity index (χ0) is 11.7. The zero-order valence-electron chi connectivity index (χ0n) is 10.1. The number of carbonyl (C=O) groups is 1. The van der Waals surface area contributed by atoms with Gasteiger partial charge in [0.1, 0.15) is 0 Å². The van der Waals surface area contributed by atoms with Crippen LogP contribution < -0.4 is 5.32 Å². The molecule has 0 fully saturated rings. The van der Waals surface area contributed by atoms with Crippen molar-refractivity contribution in [1.29, 1.82) is 0 Å². The predicted octanol–water partition coefficient (Wildman–Crippen LogP) is 0.605. The van der Waals surface area contributed by atoms with Crippen LogP contribution in [0.5, 0.6) is 0 Å². The average molecular weight is 216 g/mol. The predicted molar refractivity (Wildman–Crippen MR) is 61.7 cm³/mol. The van der Waals surface area contributed by atoms with Gasteiger partial charge >= 0.3 is 0 Å². The summed E-state index contributed by atoms with van der Waals surface area (Å²) in [6.07, 6.45) is 2.86. The number of aliphatic hydroxyl groups excluding tert-OH is 1. The third-order valence-corrected chi connectivity index (χ3v) is 2.51. The third-order valence-electron chi connectivity index (χ3n) is 2.51. The number of aliphatic hydroxyl groups is 1. The Morgan fingerprint density at radius 2 is 2.07 bits per heavy atom. The number of unbranched alkanes of at least 4 members (excludes halogenated alkanes) is 2. The van der Waals surface area contributed by atoms with E-state index in [9.17, 15) is 4.79 Å². The molecule has 0 aliphatic heterocycles. The van der Waals surface area contributed by atoms with Gasteiger partial charge in [0, 0.05) is 20.2 Å². The summed E-state index contributed by atoms with van der Waals surface area (Å²) in [5, 5.41) is 11.8. The van der Waals surface area contributed by atoms with Crippen LogP contribution in [0.1, 0.15) is 33.1 Å². The SMILES string of the molecule is CCN(C)C(=O)C(C)NCCCCCO. The Morgan fingerprint density at radius 3 is 2.60 bits per heavy atom. The Hall–Kier alpha value is -0.610. The van der Waals surface area contributed by atoms with E-state index in [-0.39, 0.29) is 18.6 Å². The van der Waals surface area contributed by atoms with Gasteiger partial charge in [0.05, 0.1) is 6.04 Å². The van der Waals surface area contributed by atoms with E-state index in [4.69, 9.17) is 5.11 Å². The number of rotatable bonds is 8. The van der Waals surface area contributed by atoms with Crippen molar-refractivity contribution in [2.45, 2.75) is 39.2 Å². The fourth-order valence-corrected chi connectivity index (χ4v) is 1.31. The molecule has 0 heterocycles. The van der Waals surface area contributed by atoms with Gasteiger partial charge in [-0.2, -0.15) is 0 Å². The molecule has 0 aliphatic carbocycles. The van der Waals surface area contributed by atoms with Gasteiger partial charge in [0.2, 0.25) is 5.91 Å². The van der Waals surface area contributed by atoms with Crippen molar-refractivity contribution in [2.24, 2.45) is 0 Å². The highest BCUT2D eigenvalue weighted by Crippen LogP contribution is 1.95. The van der Waals surface area contributed by atoms with E-state index in [0.717, 1.165) is 32.4 Å². The van der Waals surface area contributed by atoms with Crippen LogP contribution in [0, 0.1) is 0 Å². The number of nitrogens with zero attached hydrogens (tertiary/aromatic N) is 1. The minimum Gasteiger partial charge on any atom is -0.396 e. The lowest BCUT2D eigenvalue weighted by atomic mass is 10.2. The molecule has 1 amide bonds. The van der Waals surface area contributed by atoms with E-state index < -0.39 is 0 Å². The minimum atomic E-state index is -0.107. The number of nitrogens with one attached hydrogen (secondary N) is 1. The monoisotopic (exact) mass is 216 g/mol. The standard InChI is InChI=1S/C11H24N2O2/c1-4-13(3)11(15)10(2)12-8-6-5-7-9-14/h10,12,14H,4-9H2,1-3H3. The molecule has 0 bridgehead atoms. The first kappa shape index (κ1) is 14.4. The first-order valence-electron chi connectivity index (χ1n) is 5.72. The number of likely N-dealkylation sites (N-methyl/N-ethyl adjacent to an activating group) is 1. The van der Waals surface area contributed by atoms with Gasteiger partial charge in [0.15, 0.2) is 0 Å². The van der Waals surface area contributed by atoms with Gasteiger partial charge in [0.25, 0.3) is 0 Å². The number of hydrogen-bond acceptors (Lipinski definition) is 3. The van der Waals surface area contributed by atoms with Crippen LogP contribution in [0.2, 0.25) is 0 Å². The molecule has 1 atom stereocenters. The maximum absolute atomic E-state index is 11.6. The van der Waals surface area contributed by atoms with Gasteiger partial charge in [-0.05, 0) is 39.7 Å². The molecule has 0 rings (SSSR count). The summed E-state index contributed by atoms with van der Waals surface area (Å²) in [5.41, 5.74) is 0. The zero-order valence-corrected chi connectivity index (χ0v) is 10.1. The first-order chi connectivity index (χ1) is 7.13. The Balaban J connectivity index is 3.55. The summed E-state index contributed by atoms with van der Waals surface area (Å²) in [6.45, 7) is 5.69. The van der Waals surface area contributed by atoms with Crippen molar-refractivity contribution in [3.05, 3.63) is 0 Å². The van der Waals surface area contributed by atoms with Gasteiger partial charge in [-0.15, -0.1) is 0 Å². The van der Waals surface area contributed by atoms with Crippen LogP contribution in [-0.4, -0.2) is 48.7 Å². The van der Waals surface area contributed by atoms with Crippen LogP contribution in [-0.2, 0) is 4.79 Å². The van der Waals surface area contributed by atoms with Crippen molar-refractivity contribution in [1.82, 2.24) is 10.2 Å². The summed E-state index contributed by atoms with van der Waals surface area (Å²) in [6, 6.07) is -0.107. The molecule has 0 aliphatic rings. The number of carbonyl (C=O) groups excluding carboxylic acids is 1. The summed E-state index contributed by atoms with van der Waals surface area (Å²) >= 11 is 0.